The van der Waals surface area contributed by atoms with Gasteiger partial charge in [0.05, 0.1) is 55.6 Å². The van der Waals surface area contributed by atoms with E-state index in [1.807, 2.05) is 35.8 Å². The fourth-order valence-corrected chi connectivity index (χ4v) is 11.2. The Hall–Kier alpha value is -3.68. The van der Waals surface area contributed by atoms with E-state index in [9.17, 15) is 18.9 Å². The van der Waals surface area contributed by atoms with Crippen molar-refractivity contribution >= 4 is 39.0 Å². The number of nitrogens with one attached hydrogen (secondary N) is 1. The number of ether oxygens (including phenoxy) is 3. The number of amides is 2. The normalized spacial score (nSPS) is 31.4. The minimum absolute atomic E-state index is 0.0460. The second-order valence-electron chi connectivity index (χ2n) is 15.9. The second-order valence-corrected chi connectivity index (χ2v) is 18.4. The summed E-state index contributed by atoms with van der Waals surface area (Å²) in [7, 11) is -1.98. The van der Waals surface area contributed by atoms with E-state index in [0.717, 1.165) is 48.5 Å². The minimum atomic E-state index is -3.59. The van der Waals surface area contributed by atoms with Crippen LogP contribution in [0.2, 0.25) is 5.02 Å². The first-order chi connectivity index (χ1) is 26.0. The Labute approximate surface area is 322 Å². The fraction of sp³-hybridized carbons (Fsp3) is 0.512. The maximum atomic E-state index is 14.7. The molecule has 13 heteroatoms. The van der Waals surface area contributed by atoms with Gasteiger partial charge in [0.1, 0.15) is 15.7 Å². The van der Waals surface area contributed by atoms with Gasteiger partial charge >= 0.3 is 0 Å². The number of carbonyl (C=O) groups excluding carboxylic acids is 2. The Balaban J connectivity index is 1.15. The first-order valence-electron chi connectivity index (χ1n) is 19.1. The van der Waals surface area contributed by atoms with Crippen LogP contribution in [-0.2, 0) is 44.4 Å². The number of aryl methyl sites for hydroxylation is 1. The quantitative estimate of drug-likeness (QED) is 0.305. The van der Waals surface area contributed by atoms with Gasteiger partial charge in [-0.15, -0.1) is 4.36 Å². The number of allylic oxidation sites excluding steroid dienone is 1. The Bertz CT molecular complexity index is 2090. The number of methoxy groups -OCH3 is 1. The number of hydrogen-bond acceptors (Lipinski definition) is 8. The van der Waals surface area contributed by atoms with Gasteiger partial charge in [0.2, 0.25) is 0 Å². The molecular formula is C41H49ClN4O7S. The van der Waals surface area contributed by atoms with Gasteiger partial charge in [-0.1, -0.05) is 36.7 Å². The number of nitrogens with zero attached hydrogens (tertiary/aromatic N) is 3. The highest BCUT2D eigenvalue weighted by molar-refractivity contribution is 7.92. The number of benzene rings is 2. The monoisotopic (exact) mass is 776 g/mol. The molecule has 2 aliphatic carbocycles. The zero-order valence-electron chi connectivity index (χ0n) is 30.9. The van der Waals surface area contributed by atoms with Gasteiger partial charge in [-0.3, -0.25) is 14.3 Å². The zero-order chi connectivity index (χ0) is 37.6. The maximum absolute atomic E-state index is 14.7. The summed E-state index contributed by atoms with van der Waals surface area (Å²) in [5.74, 6) is -0.494. The van der Waals surface area contributed by atoms with Gasteiger partial charge in [-0.05, 0) is 104 Å². The Morgan fingerprint density at radius 2 is 2.06 bits per heavy atom. The van der Waals surface area contributed by atoms with Crippen LogP contribution in [0.1, 0.15) is 76.6 Å². The fourth-order valence-electron chi connectivity index (χ4n) is 9.07. The van der Waals surface area contributed by atoms with Gasteiger partial charge in [-0.2, -0.15) is 0 Å². The van der Waals surface area contributed by atoms with Gasteiger partial charge < -0.3 is 28.8 Å². The van der Waals surface area contributed by atoms with E-state index in [2.05, 4.69) is 26.1 Å². The average molecular weight is 777 g/mol. The van der Waals surface area contributed by atoms with Crippen molar-refractivity contribution in [3.8, 4) is 5.75 Å². The molecule has 4 heterocycles. The van der Waals surface area contributed by atoms with Crippen molar-refractivity contribution in [1.82, 2.24) is 9.29 Å². The standard InChI is InChI=1S/C41H49ClN4O7S/c1-26-5-3-7-37(47)34-11-8-29(34)18-46-24-41(14-4-6-27-15-31(42)10-12-35(27)41)25-53-38-13-9-28(17-36(38)46)39(48)43-54(50,23-26)44-40(49)30-16-32-21-52-33(22-51-2)20-45(32)19-30/h3,7,9-10,12-13,15-17,19,26,29,33-34,37,47H,4-6,8,11,14,18,20-25H2,1-2H3,(H,43,44,48,49,50)/b7-3-/t26-,29-,33-,34+,37-,41-,54?/m0/s1. The molecule has 1 unspecified atom stereocenters. The molecule has 11 nitrogen and oxygen atoms in total. The number of fused-ring (bicyclic) bond motifs is 5. The molecule has 2 bridgehead atoms. The highest BCUT2D eigenvalue weighted by Crippen LogP contribution is 2.47. The average Bonchev–Trinajstić information content (AvgIpc) is 3.49. The molecule has 1 saturated carbocycles. The van der Waals surface area contributed by atoms with Gasteiger partial charge in [0, 0.05) is 48.1 Å². The number of aliphatic hydroxyl groups is 1. The topological polar surface area (TPSA) is 132 Å². The number of carbonyl (C=O) groups is 2. The maximum Gasteiger partial charge on any atom is 0.286 e. The molecular weight excluding hydrogens is 728 g/mol. The molecule has 3 aromatic rings. The van der Waals surface area contributed by atoms with Crippen LogP contribution < -0.4 is 14.4 Å². The number of hydrogen-bond donors (Lipinski definition) is 2. The van der Waals surface area contributed by atoms with E-state index in [4.69, 9.17) is 25.8 Å². The van der Waals surface area contributed by atoms with Crippen molar-refractivity contribution in [3.05, 3.63) is 93.8 Å². The molecule has 5 aliphatic rings. The zero-order valence-corrected chi connectivity index (χ0v) is 32.4. The number of halogens is 1. The summed E-state index contributed by atoms with van der Waals surface area (Å²) in [6.07, 6.45) is 10.1. The van der Waals surface area contributed by atoms with Crippen LogP contribution in [0.5, 0.6) is 5.75 Å². The highest BCUT2D eigenvalue weighted by atomic mass is 35.5. The lowest BCUT2D eigenvalue weighted by atomic mass is 9.68. The molecule has 1 aromatic heterocycles. The first kappa shape index (κ1) is 37.3. The van der Waals surface area contributed by atoms with Gasteiger partial charge in [0.25, 0.3) is 11.8 Å². The third-order valence-electron chi connectivity index (χ3n) is 12.0. The van der Waals surface area contributed by atoms with Crippen molar-refractivity contribution in [3.63, 3.8) is 0 Å². The van der Waals surface area contributed by atoms with E-state index in [0.29, 0.717) is 57.2 Å². The van der Waals surface area contributed by atoms with Crippen LogP contribution in [0.25, 0.3) is 0 Å². The predicted octanol–water partition coefficient (Wildman–Crippen LogP) is 6.10. The first-order valence-corrected chi connectivity index (χ1v) is 21.1. The number of aliphatic hydroxyl groups excluding tert-OH is 1. The summed E-state index contributed by atoms with van der Waals surface area (Å²) in [4.78, 5) is 30.1. The third kappa shape index (κ3) is 7.47. The van der Waals surface area contributed by atoms with Crippen molar-refractivity contribution in [2.45, 2.75) is 76.2 Å². The van der Waals surface area contributed by atoms with E-state index in [1.165, 1.54) is 11.1 Å². The smallest absolute Gasteiger partial charge is 0.286 e. The summed E-state index contributed by atoms with van der Waals surface area (Å²) < 4.78 is 41.3. The highest BCUT2D eigenvalue weighted by Gasteiger charge is 2.44. The molecule has 0 saturated heterocycles. The van der Waals surface area contributed by atoms with Gasteiger partial charge in [0.15, 0.2) is 0 Å². The summed E-state index contributed by atoms with van der Waals surface area (Å²) in [6.45, 7) is 5.00. The molecule has 2 N–H and O–H groups in total. The molecule has 8 rings (SSSR count). The Morgan fingerprint density at radius 3 is 2.87 bits per heavy atom. The molecule has 2 amide bonds. The second kappa shape index (κ2) is 15.1. The molecule has 2 aromatic carbocycles. The molecule has 1 fully saturated rings. The van der Waals surface area contributed by atoms with Crippen molar-refractivity contribution in [2.24, 2.45) is 22.1 Å². The van der Waals surface area contributed by atoms with Crippen molar-refractivity contribution < 1.29 is 33.1 Å². The van der Waals surface area contributed by atoms with Crippen LogP contribution in [0, 0.1) is 17.8 Å². The van der Waals surface area contributed by atoms with Crippen LogP contribution in [0.15, 0.2) is 65.2 Å². The molecule has 0 radical (unpaired) electrons. The minimum Gasteiger partial charge on any atom is -0.490 e. The Morgan fingerprint density at radius 1 is 1.19 bits per heavy atom. The third-order valence-corrected chi connectivity index (χ3v) is 14.2. The van der Waals surface area contributed by atoms with Crippen LogP contribution in [-0.4, -0.2) is 77.1 Å². The summed E-state index contributed by atoms with van der Waals surface area (Å²) in [5.41, 5.74) is 4.36. The van der Waals surface area contributed by atoms with Crippen molar-refractivity contribution in [1.29, 1.82) is 0 Å². The van der Waals surface area contributed by atoms with E-state index in [1.54, 1.807) is 31.5 Å². The molecule has 3 aliphatic heterocycles. The largest absolute Gasteiger partial charge is 0.490 e. The summed E-state index contributed by atoms with van der Waals surface area (Å²) in [6, 6.07) is 13.2. The Kier molecular flexibility index (Phi) is 10.4. The molecule has 7 atom stereocenters. The number of aromatic nitrogens is 1. The number of rotatable bonds is 4. The summed E-state index contributed by atoms with van der Waals surface area (Å²) in [5, 5.41) is 12.1. The van der Waals surface area contributed by atoms with Gasteiger partial charge in [-0.25, -0.2) is 4.21 Å². The van der Waals surface area contributed by atoms with Crippen molar-refractivity contribution in [2.75, 3.05) is 44.1 Å². The van der Waals surface area contributed by atoms with Crippen LogP contribution in [0.3, 0.4) is 0 Å². The predicted molar refractivity (Wildman–Crippen MR) is 207 cm³/mol. The van der Waals surface area contributed by atoms with Crippen LogP contribution in [0.4, 0.5) is 5.69 Å². The lowest BCUT2D eigenvalue weighted by Crippen LogP contribution is -2.49. The van der Waals surface area contributed by atoms with E-state index >= 15 is 0 Å². The lowest BCUT2D eigenvalue weighted by Gasteiger charge is -2.45. The molecule has 288 valence electrons. The van der Waals surface area contributed by atoms with Crippen LogP contribution >= 0.6 is 11.6 Å². The lowest BCUT2D eigenvalue weighted by molar-refractivity contribution is -0.0382. The SMILES string of the molecule is COC[C@@H]1Cn2cc(C(=O)NS3(=O)=NC(=O)c4ccc5c(c4)N(C[C@@H]4CC[C@H]4[C@@H](O)/C=C\C[C@H](C)C3)C[C@@]3(CCCc4cc(Cl)ccc43)CO5)cc2CO1. The van der Waals surface area contributed by atoms with E-state index < -0.39 is 27.8 Å². The molecule has 54 heavy (non-hydrogen) atoms. The summed E-state index contributed by atoms with van der Waals surface area (Å²) >= 11 is 6.45. The van der Waals surface area contributed by atoms with E-state index in [-0.39, 0.29) is 40.6 Å². The molecule has 1 spiro atoms. The number of anilines is 1.